The molecule has 4 heteroatoms. The van der Waals surface area contributed by atoms with Gasteiger partial charge in [-0.05, 0) is 37.4 Å². The summed E-state index contributed by atoms with van der Waals surface area (Å²) in [5.41, 5.74) is 7.03. The molecule has 0 aliphatic carbocycles. The summed E-state index contributed by atoms with van der Waals surface area (Å²) in [5.74, 6) is 0. The van der Waals surface area contributed by atoms with Gasteiger partial charge in [-0.25, -0.2) is 0 Å². The molecule has 0 bridgehead atoms. The Kier molecular flexibility index (Phi) is 6.58. The van der Waals surface area contributed by atoms with Gasteiger partial charge in [-0.3, -0.25) is 0 Å². The van der Waals surface area contributed by atoms with Crippen LogP contribution in [-0.2, 0) is 6.42 Å². The van der Waals surface area contributed by atoms with Gasteiger partial charge >= 0.3 is 0 Å². The number of nitrogens with zero attached hydrogens (tertiary/aromatic N) is 1. The molecule has 3 nitrogen and oxygen atoms in total. The minimum absolute atomic E-state index is 0.0484. The number of likely N-dealkylation sites (N-methyl/N-ethyl adjacent to an activating group) is 1. The van der Waals surface area contributed by atoms with Crippen molar-refractivity contribution in [3.63, 3.8) is 0 Å². The fraction of sp³-hybridized carbons (Fsp3) is 0.538. The molecular formula is C13H22N2OS. The molecule has 0 aliphatic rings. The summed E-state index contributed by atoms with van der Waals surface area (Å²) in [4.78, 5) is 3.45. The summed E-state index contributed by atoms with van der Waals surface area (Å²) >= 11 is 1.76. The number of rotatable bonds is 7. The number of aliphatic hydroxyl groups is 1. The first-order chi connectivity index (χ1) is 8.15. The lowest BCUT2D eigenvalue weighted by Crippen LogP contribution is -2.38. The van der Waals surface area contributed by atoms with Crippen LogP contribution in [0.15, 0.2) is 29.2 Å². The van der Waals surface area contributed by atoms with Crippen molar-refractivity contribution in [2.75, 3.05) is 33.0 Å². The summed E-state index contributed by atoms with van der Waals surface area (Å²) in [6.07, 6.45) is 3.10. The van der Waals surface area contributed by atoms with Gasteiger partial charge in [0.05, 0.1) is 6.61 Å². The molecule has 0 amide bonds. The van der Waals surface area contributed by atoms with Crippen LogP contribution in [0, 0.1) is 0 Å². The Morgan fingerprint density at radius 2 is 2.00 bits per heavy atom. The molecule has 0 saturated heterocycles. The van der Waals surface area contributed by atoms with E-state index in [0.717, 1.165) is 19.5 Å². The van der Waals surface area contributed by atoms with E-state index in [4.69, 9.17) is 10.8 Å². The zero-order valence-corrected chi connectivity index (χ0v) is 11.4. The maximum atomic E-state index is 8.87. The van der Waals surface area contributed by atoms with Gasteiger partial charge in [0, 0.05) is 24.0 Å². The van der Waals surface area contributed by atoms with Gasteiger partial charge in [-0.2, -0.15) is 0 Å². The van der Waals surface area contributed by atoms with Gasteiger partial charge < -0.3 is 15.7 Å². The smallest absolute Gasteiger partial charge is 0.0595 e. The van der Waals surface area contributed by atoms with E-state index in [9.17, 15) is 0 Å². The summed E-state index contributed by atoms with van der Waals surface area (Å²) in [7, 11) is 2.03. The second kappa shape index (κ2) is 7.71. The van der Waals surface area contributed by atoms with Gasteiger partial charge in [-0.15, -0.1) is 11.8 Å². The average molecular weight is 254 g/mol. The van der Waals surface area contributed by atoms with E-state index >= 15 is 0 Å². The molecule has 0 fully saturated rings. The van der Waals surface area contributed by atoms with Crippen LogP contribution in [0.3, 0.4) is 0 Å². The molecule has 1 aromatic rings. The monoisotopic (exact) mass is 254 g/mol. The minimum Gasteiger partial charge on any atom is -0.395 e. The molecular weight excluding hydrogens is 232 g/mol. The van der Waals surface area contributed by atoms with Crippen LogP contribution in [0.4, 0.5) is 0 Å². The van der Waals surface area contributed by atoms with Crippen LogP contribution >= 0.6 is 11.8 Å². The molecule has 0 spiro atoms. The average Bonchev–Trinajstić information content (AvgIpc) is 2.36. The van der Waals surface area contributed by atoms with Crippen molar-refractivity contribution in [2.45, 2.75) is 17.4 Å². The molecule has 0 saturated carbocycles. The van der Waals surface area contributed by atoms with E-state index in [1.54, 1.807) is 11.8 Å². The number of nitrogens with two attached hydrogens (primary N) is 1. The van der Waals surface area contributed by atoms with E-state index in [1.807, 2.05) is 7.05 Å². The van der Waals surface area contributed by atoms with Gasteiger partial charge in [0.25, 0.3) is 0 Å². The molecule has 0 radical (unpaired) electrons. The van der Waals surface area contributed by atoms with Crippen LogP contribution in [0.1, 0.15) is 5.56 Å². The first kappa shape index (κ1) is 14.5. The number of thioether (sulfide) groups is 1. The molecule has 17 heavy (non-hydrogen) atoms. The Balaban J connectivity index is 2.34. The van der Waals surface area contributed by atoms with Crippen molar-refractivity contribution >= 4 is 11.8 Å². The third kappa shape index (κ3) is 5.55. The van der Waals surface area contributed by atoms with E-state index in [-0.39, 0.29) is 12.6 Å². The van der Waals surface area contributed by atoms with Gasteiger partial charge in [0.15, 0.2) is 0 Å². The third-order valence-electron chi connectivity index (χ3n) is 2.72. The third-order valence-corrected chi connectivity index (χ3v) is 3.47. The fourth-order valence-electron chi connectivity index (χ4n) is 1.66. The second-order valence-corrected chi connectivity index (χ2v) is 5.18. The Labute approximate surface area is 108 Å². The van der Waals surface area contributed by atoms with Crippen molar-refractivity contribution in [2.24, 2.45) is 5.73 Å². The number of hydrogen-bond acceptors (Lipinski definition) is 4. The van der Waals surface area contributed by atoms with Crippen LogP contribution < -0.4 is 5.73 Å². The Hall–Kier alpha value is -0.550. The molecule has 1 aromatic carbocycles. The van der Waals surface area contributed by atoms with Crippen LogP contribution in [-0.4, -0.2) is 49.0 Å². The quantitative estimate of drug-likeness (QED) is 0.718. The SMILES string of the molecule is CSc1ccc(CCN(C)CC(N)CO)cc1. The number of benzene rings is 1. The highest BCUT2D eigenvalue weighted by Gasteiger charge is 2.05. The summed E-state index contributed by atoms with van der Waals surface area (Å²) in [6, 6.07) is 8.51. The predicted molar refractivity (Wildman–Crippen MR) is 74.5 cm³/mol. The van der Waals surface area contributed by atoms with Gasteiger partial charge in [-0.1, -0.05) is 12.1 Å². The number of hydrogen-bond donors (Lipinski definition) is 2. The van der Waals surface area contributed by atoms with Crippen LogP contribution in [0.25, 0.3) is 0 Å². The Morgan fingerprint density at radius 1 is 1.35 bits per heavy atom. The molecule has 0 aromatic heterocycles. The van der Waals surface area contributed by atoms with Crippen molar-refractivity contribution in [1.82, 2.24) is 4.90 Å². The fourth-order valence-corrected chi connectivity index (χ4v) is 2.07. The molecule has 0 aliphatic heterocycles. The first-order valence-electron chi connectivity index (χ1n) is 5.83. The highest BCUT2D eigenvalue weighted by molar-refractivity contribution is 7.98. The second-order valence-electron chi connectivity index (χ2n) is 4.30. The zero-order valence-electron chi connectivity index (χ0n) is 10.6. The van der Waals surface area contributed by atoms with Gasteiger partial charge in [0.2, 0.25) is 0 Å². The van der Waals surface area contributed by atoms with Crippen molar-refractivity contribution in [3.8, 4) is 0 Å². The highest BCUT2D eigenvalue weighted by atomic mass is 32.2. The molecule has 0 heterocycles. The van der Waals surface area contributed by atoms with Crippen molar-refractivity contribution in [3.05, 3.63) is 29.8 Å². The lowest BCUT2D eigenvalue weighted by atomic mass is 10.1. The lowest BCUT2D eigenvalue weighted by molar-refractivity contribution is 0.223. The normalized spacial score (nSPS) is 13.0. The van der Waals surface area contributed by atoms with Crippen LogP contribution in [0.5, 0.6) is 0 Å². The molecule has 1 atom stereocenters. The molecule has 1 unspecified atom stereocenters. The summed E-state index contributed by atoms with van der Waals surface area (Å²) in [6.45, 7) is 1.75. The van der Waals surface area contributed by atoms with E-state index < -0.39 is 0 Å². The van der Waals surface area contributed by atoms with Gasteiger partial charge in [0.1, 0.15) is 0 Å². The van der Waals surface area contributed by atoms with E-state index in [0.29, 0.717) is 0 Å². The Bertz CT molecular complexity index is 316. The van der Waals surface area contributed by atoms with Crippen LogP contribution in [0.2, 0.25) is 0 Å². The molecule has 3 N–H and O–H groups in total. The zero-order chi connectivity index (χ0) is 12.7. The summed E-state index contributed by atoms with van der Waals surface area (Å²) < 4.78 is 0. The number of aliphatic hydroxyl groups excluding tert-OH is 1. The molecule has 96 valence electrons. The van der Waals surface area contributed by atoms with Crippen molar-refractivity contribution in [1.29, 1.82) is 0 Å². The maximum Gasteiger partial charge on any atom is 0.0595 e. The maximum absolute atomic E-state index is 8.87. The predicted octanol–water partition coefficient (Wildman–Crippen LogP) is 1.20. The minimum atomic E-state index is -0.140. The summed E-state index contributed by atoms with van der Waals surface area (Å²) in [5, 5.41) is 8.87. The van der Waals surface area contributed by atoms with Crippen molar-refractivity contribution < 1.29 is 5.11 Å². The molecule has 1 rings (SSSR count). The highest BCUT2D eigenvalue weighted by Crippen LogP contribution is 2.15. The first-order valence-corrected chi connectivity index (χ1v) is 7.06. The Morgan fingerprint density at radius 3 is 2.53 bits per heavy atom. The lowest BCUT2D eigenvalue weighted by Gasteiger charge is -2.19. The topological polar surface area (TPSA) is 49.5 Å². The standard InChI is InChI=1S/C13H22N2OS/c1-15(9-12(14)10-16)8-7-11-3-5-13(17-2)6-4-11/h3-6,12,16H,7-10,14H2,1-2H3. The largest absolute Gasteiger partial charge is 0.395 e. The van der Waals surface area contributed by atoms with E-state index in [1.165, 1.54) is 10.5 Å². The van der Waals surface area contributed by atoms with E-state index in [2.05, 4.69) is 35.4 Å².